The van der Waals surface area contributed by atoms with E-state index < -0.39 is 0 Å². The highest BCUT2D eigenvalue weighted by molar-refractivity contribution is 9.10. The Kier molecular flexibility index (Phi) is 3.93. The molecular weight excluding hydrogens is 330 g/mol. The maximum Gasteiger partial charge on any atom is 0.269 e. The summed E-state index contributed by atoms with van der Waals surface area (Å²) >= 11 is 9.17. The molecule has 6 heteroatoms. The van der Waals surface area contributed by atoms with Gasteiger partial charge in [0, 0.05) is 13.2 Å². The molecule has 1 radical (unpaired) electrons. The normalized spacial score (nSPS) is 10.0. The molecule has 0 unspecified atom stereocenters. The van der Waals surface area contributed by atoms with Crippen LogP contribution in [0, 0.1) is 17.4 Å². The molecule has 95 valence electrons. The molecule has 0 aliphatic carbocycles. The fourth-order valence-corrected chi connectivity index (χ4v) is 2.27. The number of nitrogens with one attached hydrogen (secondary N) is 1. The number of halogens is 2. The molecule has 0 spiro atoms. The standard InChI is InChI=1S/C13H8BrClN3O/c1-18-7-9(5-11(15)13(18)19)17-12-8(6-16)3-2-4-10(12)14/h2-3,5,7,17H,1H3. The number of nitrogens with zero attached hydrogens (tertiary/aromatic N) is 2. The van der Waals surface area contributed by atoms with Crippen molar-refractivity contribution >= 4 is 38.9 Å². The second-order valence-corrected chi connectivity index (χ2v) is 5.01. The van der Waals surface area contributed by atoms with Gasteiger partial charge in [-0.2, -0.15) is 5.26 Å². The molecule has 2 rings (SSSR count). The van der Waals surface area contributed by atoms with E-state index in [1.54, 1.807) is 25.4 Å². The van der Waals surface area contributed by atoms with Crippen LogP contribution in [0.2, 0.25) is 5.02 Å². The molecule has 1 N–H and O–H groups in total. The van der Waals surface area contributed by atoms with E-state index in [2.05, 4.69) is 33.4 Å². The lowest BCUT2D eigenvalue weighted by molar-refractivity contribution is 0.862. The van der Waals surface area contributed by atoms with Crippen LogP contribution in [0.4, 0.5) is 11.4 Å². The van der Waals surface area contributed by atoms with Crippen molar-refractivity contribution in [2.75, 3.05) is 5.32 Å². The quantitative estimate of drug-likeness (QED) is 0.915. The molecule has 0 aliphatic heterocycles. The van der Waals surface area contributed by atoms with Crippen LogP contribution < -0.4 is 10.9 Å². The van der Waals surface area contributed by atoms with E-state index in [0.29, 0.717) is 21.4 Å². The van der Waals surface area contributed by atoms with Crippen molar-refractivity contribution in [1.29, 1.82) is 5.26 Å². The third-order valence-electron chi connectivity index (χ3n) is 2.48. The molecule has 2 aromatic rings. The first-order valence-electron chi connectivity index (χ1n) is 5.26. The number of aromatic nitrogens is 1. The van der Waals surface area contributed by atoms with E-state index in [4.69, 9.17) is 16.9 Å². The fraction of sp³-hybridized carbons (Fsp3) is 0.0769. The third-order valence-corrected chi connectivity index (χ3v) is 3.37. The Labute approximate surface area is 123 Å². The van der Waals surface area contributed by atoms with Crippen LogP contribution in [0.15, 0.2) is 33.7 Å². The maximum absolute atomic E-state index is 11.5. The van der Waals surface area contributed by atoms with Gasteiger partial charge in [-0.1, -0.05) is 17.7 Å². The van der Waals surface area contributed by atoms with Gasteiger partial charge in [-0.05, 0) is 34.1 Å². The Balaban J connectivity index is 2.48. The zero-order valence-corrected chi connectivity index (χ0v) is 12.2. The minimum absolute atomic E-state index is 0.113. The number of rotatable bonds is 2. The van der Waals surface area contributed by atoms with Gasteiger partial charge in [0.25, 0.3) is 5.56 Å². The van der Waals surface area contributed by atoms with Gasteiger partial charge in [0.05, 0.1) is 21.4 Å². The number of pyridine rings is 1. The first-order valence-corrected chi connectivity index (χ1v) is 6.43. The summed E-state index contributed by atoms with van der Waals surface area (Å²) in [7, 11) is 1.61. The second-order valence-electron chi connectivity index (χ2n) is 3.81. The third kappa shape index (κ3) is 2.80. The Bertz CT molecular complexity index is 707. The zero-order chi connectivity index (χ0) is 14.0. The summed E-state index contributed by atoms with van der Waals surface area (Å²) in [6, 6.07) is 9.84. The van der Waals surface area contributed by atoms with E-state index in [9.17, 15) is 4.79 Å². The minimum atomic E-state index is -0.272. The fourth-order valence-electron chi connectivity index (χ4n) is 1.57. The predicted octanol–water partition coefficient (Wildman–Crippen LogP) is 3.22. The van der Waals surface area contributed by atoms with Crippen LogP contribution in [-0.4, -0.2) is 4.57 Å². The van der Waals surface area contributed by atoms with Gasteiger partial charge in [0.1, 0.15) is 11.1 Å². The minimum Gasteiger partial charge on any atom is -0.352 e. The van der Waals surface area contributed by atoms with E-state index in [1.807, 2.05) is 0 Å². The van der Waals surface area contributed by atoms with Crippen molar-refractivity contribution in [3.8, 4) is 6.07 Å². The number of anilines is 2. The molecule has 0 amide bonds. The van der Waals surface area contributed by atoms with Crippen molar-refractivity contribution < 1.29 is 0 Å². The summed E-state index contributed by atoms with van der Waals surface area (Å²) in [6.07, 6.45) is 1.61. The van der Waals surface area contributed by atoms with Crippen LogP contribution in [0.5, 0.6) is 0 Å². The van der Waals surface area contributed by atoms with Crippen LogP contribution in [-0.2, 0) is 7.05 Å². The molecule has 0 aliphatic rings. The van der Waals surface area contributed by atoms with Gasteiger partial charge in [0.2, 0.25) is 0 Å². The summed E-state index contributed by atoms with van der Waals surface area (Å²) in [5.74, 6) is 0. The molecule has 4 nitrogen and oxygen atoms in total. The highest BCUT2D eigenvalue weighted by Gasteiger charge is 2.08. The van der Waals surface area contributed by atoms with Crippen LogP contribution in [0.3, 0.4) is 0 Å². The van der Waals surface area contributed by atoms with Crippen LogP contribution >= 0.6 is 27.5 Å². The number of hydrogen-bond donors (Lipinski definition) is 1. The predicted molar refractivity (Wildman–Crippen MR) is 77.7 cm³/mol. The molecule has 1 aromatic carbocycles. The molecule has 1 aromatic heterocycles. The number of benzene rings is 1. The highest BCUT2D eigenvalue weighted by atomic mass is 79.9. The highest BCUT2D eigenvalue weighted by Crippen LogP contribution is 2.29. The van der Waals surface area contributed by atoms with Gasteiger partial charge in [-0.3, -0.25) is 4.79 Å². The largest absolute Gasteiger partial charge is 0.352 e. The topological polar surface area (TPSA) is 57.8 Å². The monoisotopic (exact) mass is 336 g/mol. The second kappa shape index (κ2) is 5.47. The summed E-state index contributed by atoms with van der Waals surface area (Å²) in [6.45, 7) is 0. The van der Waals surface area contributed by atoms with E-state index >= 15 is 0 Å². The van der Waals surface area contributed by atoms with Crippen molar-refractivity contribution in [1.82, 2.24) is 4.57 Å². The first-order chi connectivity index (χ1) is 9.02. The maximum atomic E-state index is 11.5. The zero-order valence-electron chi connectivity index (χ0n) is 9.87. The average Bonchev–Trinajstić information content (AvgIpc) is 2.38. The molecule has 0 fully saturated rings. The van der Waals surface area contributed by atoms with Crippen LogP contribution in [0.1, 0.15) is 5.56 Å². The first kappa shape index (κ1) is 13.7. The van der Waals surface area contributed by atoms with Gasteiger partial charge in [-0.15, -0.1) is 0 Å². The number of aryl methyl sites for hydroxylation is 1. The molecule has 0 saturated carbocycles. The van der Waals surface area contributed by atoms with E-state index in [0.717, 1.165) is 0 Å². The molecule has 0 saturated heterocycles. The lowest BCUT2D eigenvalue weighted by Gasteiger charge is -2.11. The van der Waals surface area contributed by atoms with Crippen molar-refractivity contribution in [3.05, 3.63) is 55.9 Å². The van der Waals surface area contributed by atoms with E-state index in [1.165, 1.54) is 10.6 Å². The number of nitriles is 1. The Hall–Kier alpha value is -1.77. The molecular formula is C13H8BrClN3O. The van der Waals surface area contributed by atoms with Gasteiger partial charge >= 0.3 is 0 Å². The summed E-state index contributed by atoms with van der Waals surface area (Å²) in [5.41, 5.74) is 1.39. The van der Waals surface area contributed by atoms with Gasteiger partial charge in [0.15, 0.2) is 0 Å². The van der Waals surface area contributed by atoms with Gasteiger partial charge < -0.3 is 9.88 Å². The lowest BCUT2D eigenvalue weighted by atomic mass is 10.2. The molecule has 0 bridgehead atoms. The molecule has 0 atom stereocenters. The summed E-state index contributed by atoms with van der Waals surface area (Å²) in [4.78, 5) is 11.5. The van der Waals surface area contributed by atoms with Crippen LogP contribution in [0.25, 0.3) is 0 Å². The summed E-state index contributed by atoms with van der Waals surface area (Å²) in [5, 5.41) is 12.2. The van der Waals surface area contributed by atoms with Gasteiger partial charge in [-0.25, -0.2) is 0 Å². The average molecular weight is 338 g/mol. The molecule has 1 heterocycles. The van der Waals surface area contributed by atoms with E-state index in [-0.39, 0.29) is 10.6 Å². The summed E-state index contributed by atoms with van der Waals surface area (Å²) < 4.78 is 2.01. The smallest absolute Gasteiger partial charge is 0.269 e. The van der Waals surface area contributed by atoms with Crippen molar-refractivity contribution in [2.24, 2.45) is 7.05 Å². The Morgan fingerprint density at radius 3 is 2.95 bits per heavy atom. The van der Waals surface area contributed by atoms with Crippen molar-refractivity contribution in [3.63, 3.8) is 0 Å². The van der Waals surface area contributed by atoms with Crippen molar-refractivity contribution in [2.45, 2.75) is 0 Å². The lowest BCUT2D eigenvalue weighted by Crippen LogP contribution is -2.16. The Morgan fingerprint density at radius 1 is 1.58 bits per heavy atom. The molecule has 19 heavy (non-hydrogen) atoms. The Morgan fingerprint density at radius 2 is 2.32 bits per heavy atom. The number of hydrogen-bond acceptors (Lipinski definition) is 3. The SMILES string of the molecule is Cn1cc(Nc2c(Br)[c]ccc2C#N)cc(Cl)c1=O.